The zero-order valence-corrected chi connectivity index (χ0v) is 14.4. The molecule has 0 saturated carbocycles. The molecule has 0 saturated heterocycles. The van der Waals surface area contributed by atoms with Crippen LogP contribution in [0.1, 0.15) is 38.4 Å². The standard InChI is InChI=1S/C17H28N2O4/c1-5-17(6-2,11-18)16(21)19-10-14(20)13-9-12(22-3)7-8-15(13)23-4/h7-9,14,20H,5-6,10-11,18H2,1-4H3,(H,19,21). The van der Waals surface area contributed by atoms with Crippen LogP contribution in [0.25, 0.3) is 0 Å². The van der Waals surface area contributed by atoms with Gasteiger partial charge in [0.05, 0.1) is 25.7 Å². The second-order valence-electron chi connectivity index (χ2n) is 5.53. The minimum absolute atomic E-state index is 0.0874. The van der Waals surface area contributed by atoms with Crippen molar-refractivity contribution in [1.29, 1.82) is 0 Å². The highest BCUT2D eigenvalue weighted by atomic mass is 16.5. The molecule has 0 heterocycles. The Bertz CT molecular complexity index is 507. The normalized spacial score (nSPS) is 12.6. The maximum absolute atomic E-state index is 12.4. The van der Waals surface area contributed by atoms with E-state index in [1.54, 1.807) is 25.3 Å². The number of hydrogen-bond donors (Lipinski definition) is 3. The summed E-state index contributed by atoms with van der Waals surface area (Å²) in [6.07, 6.45) is 0.419. The predicted octanol–water partition coefficient (Wildman–Crippen LogP) is 1.62. The minimum atomic E-state index is -0.895. The number of nitrogens with two attached hydrogens (primary N) is 1. The first-order chi connectivity index (χ1) is 11.0. The summed E-state index contributed by atoms with van der Waals surface area (Å²) in [4.78, 5) is 12.4. The van der Waals surface area contributed by atoms with E-state index in [-0.39, 0.29) is 19.0 Å². The van der Waals surface area contributed by atoms with Gasteiger partial charge in [-0.15, -0.1) is 0 Å². The van der Waals surface area contributed by atoms with Crippen LogP contribution in [0.2, 0.25) is 0 Å². The molecule has 1 atom stereocenters. The molecule has 0 bridgehead atoms. The van der Waals surface area contributed by atoms with E-state index < -0.39 is 11.5 Å². The van der Waals surface area contributed by atoms with Gasteiger partial charge in [-0.1, -0.05) is 13.8 Å². The molecule has 0 fully saturated rings. The summed E-state index contributed by atoms with van der Waals surface area (Å²) in [7, 11) is 3.09. The van der Waals surface area contributed by atoms with Gasteiger partial charge in [0, 0.05) is 18.7 Å². The van der Waals surface area contributed by atoms with Crippen LogP contribution in [0.5, 0.6) is 11.5 Å². The summed E-state index contributed by atoms with van der Waals surface area (Å²) in [5, 5.41) is 13.2. The van der Waals surface area contributed by atoms with Crippen molar-refractivity contribution in [2.24, 2.45) is 11.1 Å². The third-order valence-corrected chi connectivity index (χ3v) is 4.48. The summed E-state index contributed by atoms with van der Waals surface area (Å²) in [6.45, 7) is 4.25. The molecule has 0 aliphatic carbocycles. The second-order valence-corrected chi connectivity index (χ2v) is 5.53. The lowest BCUT2D eigenvalue weighted by molar-refractivity contribution is -0.131. The van der Waals surface area contributed by atoms with Crippen LogP contribution in [-0.4, -0.2) is 38.3 Å². The lowest BCUT2D eigenvalue weighted by atomic mass is 9.81. The number of aliphatic hydroxyl groups is 1. The number of nitrogens with one attached hydrogen (secondary N) is 1. The van der Waals surface area contributed by atoms with Crippen molar-refractivity contribution in [3.05, 3.63) is 23.8 Å². The van der Waals surface area contributed by atoms with E-state index in [4.69, 9.17) is 15.2 Å². The Morgan fingerprint density at radius 3 is 2.43 bits per heavy atom. The molecule has 1 unspecified atom stereocenters. The highest BCUT2D eigenvalue weighted by molar-refractivity contribution is 5.82. The molecule has 23 heavy (non-hydrogen) atoms. The van der Waals surface area contributed by atoms with Crippen molar-refractivity contribution >= 4 is 5.91 Å². The van der Waals surface area contributed by atoms with Crippen molar-refractivity contribution in [3.8, 4) is 11.5 Å². The maximum atomic E-state index is 12.4. The van der Waals surface area contributed by atoms with E-state index in [9.17, 15) is 9.90 Å². The average Bonchev–Trinajstić information content (AvgIpc) is 2.60. The molecule has 0 aliphatic rings. The molecule has 6 nitrogen and oxygen atoms in total. The van der Waals surface area contributed by atoms with E-state index >= 15 is 0 Å². The fourth-order valence-corrected chi connectivity index (χ4v) is 2.54. The highest BCUT2D eigenvalue weighted by Gasteiger charge is 2.33. The number of carbonyl (C=O) groups excluding carboxylic acids is 1. The summed E-state index contributed by atoms with van der Waals surface area (Å²) in [5.74, 6) is 1.03. The van der Waals surface area contributed by atoms with Gasteiger partial charge in [0.2, 0.25) is 5.91 Å². The molecule has 0 spiro atoms. The van der Waals surface area contributed by atoms with E-state index in [1.165, 1.54) is 7.11 Å². The Balaban J connectivity index is 2.84. The largest absolute Gasteiger partial charge is 0.497 e. The molecule has 1 amide bonds. The molecule has 1 aromatic rings. The number of rotatable bonds is 9. The minimum Gasteiger partial charge on any atom is -0.497 e. The molecular weight excluding hydrogens is 296 g/mol. The van der Waals surface area contributed by atoms with E-state index in [0.29, 0.717) is 29.9 Å². The molecule has 1 rings (SSSR count). The van der Waals surface area contributed by atoms with Gasteiger partial charge in [0.25, 0.3) is 0 Å². The van der Waals surface area contributed by atoms with Crippen molar-refractivity contribution in [1.82, 2.24) is 5.32 Å². The Kier molecular flexibility index (Phi) is 7.32. The van der Waals surface area contributed by atoms with Gasteiger partial charge in [-0.05, 0) is 31.0 Å². The lowest BCUT2D eigenvalue weighted by Crippen LogP contribution is -2.46. The van der Waals surface area contributed by atoms with Crippen LogP contribution in [0.4, 0.5) is 0 Å². The lowest BCUT2D eigenvalue weighted by Gasteiger charge is -2.29. The topological polar surface area (TPSA) is 93.8 Å². The SMILES string of the molecule is CCC(CC)(CN)C(=O)NCC(O)c1cc(OC)ccc1OC. The Morgan fingerprint density at radius 2 is 1.96 bits per heavy atom. The fourth-order valence-electron chi connectivity index (χ4n) is 2.54. The third kappa shape index (κ3) is 4.36. The first-order valence-corrected chi connectivity index (χ1v) is 7.86. The van der Waals surface area contributed by atoms with Crippen LogP contribution >= 0.6 is 0 Å². The Hall–Kier alpha value is -1.79. The fraction of sp³-hybridized carbons (Fsp3) is 0.588. The van der Waals surface area contributed by atoms with Crippen LogP contribution < -0.4 is 20.5 Å². The van der Waals surface area contributed by atoms with E-state index in [0.717, 1.165) is 0 Å². The van der Waals surface area contributed by atoms with Gasteiger partial charge in [0.1, 0.15) is 11.5 Å². The van der Waals surface area contributed by atoms with Crippen molar-refractivity contribution in [3.63, 3.8) is 0 Å². The van der Waals surface area contributed by atoms with Crippen LogP contribution in [0, 0.1) is 5.41 Å². The number of aliphatic hydroxyl groups excluding tert-OH is 1. The monoisotopic (exact) mass is 324 g/mol. The maximum Gasteiger partial charge on any atom is 0.227 e. The zero-order valence-electron chi connectivity index (χ0n) is 14.4. The number of hydrogen-bond acceptors (Lipinski definition) is 5. The Labute approximate surface area is 138 Å². The number of benzene rings is 1. The average molecular weight is 324 g/mol. The number of carbonyl (C=O) groups is 1. The van der Waals surface area contributed by atoms with Crippen molar-refractivity contribution in [2.75, 3.05) is 27.3 Å². The van der Waals surface area contributed by atoms with E-state index in [1.807, 2.05) is 13.8 Å². The van der Waals surface area contributed by atoms with Gasteiger partial charge in [-0.25, -0.2) is 0 Å². The zero-order chi connectivity index (χ0) is 17.5. The number of methoxy groups -OCH3 is 2. The highest BCUT2D eigenvalue weighted by Crippen LogP contribution is 2.30. The van der Waals surface area contributed by atoms with Gasteiger partial charge in [-0.3, -0.25) is 4.79 Å². The molecule has 4 N–H and O–H groups in total. The summed E-state index contributed by atoms with van der Waals surface area (Å²) in [5.41, 5.74) is 5.75. The van der Waals surface area contributed by atoms with Crippen LogP contribution in [0.3, 0.4) is 0 Å². The molecule has 1 aromatic carbocycles. The second kappa shape index (κ2) is 8.74. The molecule has 0 aliphatic heterocycles. The molecule has 6 heteroatoms. The quantitative estimate of drug-likeness (QED) is 0.642. The summed E-state index contributed by atoms with van der Waals surface area (Å²) >= 11 is 0. The smallest absolute Gasteiger partial charge is 0.227 e. The van der Waals surface area contributed by atoms with Crippen molar-refractivity contribution in [2.45, 2.75) is 32.8 Å². The van der Waals surface area contributed by atoms with Crippen LogP contribution in [-0.2, 0) is 4.79 Å². The van der Waals surface area contributed by atoms with Gasteiger partial charge >= 0.3 is 0 Å². The predicted molar refractivity (Wildman–Crippen MR) is 89.6 cm³/mol. The first-order valence-electron chi connectivity index (χ1n) is 7.86. The van der Waals surface area contributed by atoms with E-state index in [2.05, 4.69) is 5.32 Å². The summed E-state index contributed by atoms with van der Waals surface area (Å²) in [6, 6.07) is 5.17. The van der Waals surface area contributed by atoms with Gasteiger partial charge in [0.15, 0.2) is 0 Å². The third-order valence-electron chi connectivity index (χ3n) is 4.48. The summed E-state index contributed by atoms with van der Waals surface area (Å²) < 4.78 is 10.4. The molecule has 0 aromatic heterocycles. The van der Waals surface area contributed by atoms with Gasteiger partial charge in [-0.2, -0.15) is 0 Å². The van der Waals surface area contributed by atoms with Gasteiger partial charge < -0.3 is 25.6 Å². The van der Waals surface area contributed by atoms with Crippen LogP contribution in [0.15, 0.2) is 18.2 Å². The first kappa shape index (κ1) is 19.3. The van der Waals surface area contributed by atoms with Crippen molar-refractivity contribution < 1.29 is 19.4 Å². The molecule has 0 radical (unpaired) electrons. The molecular formula is C17H28N2O4. The Morgan fingerprint density at radius 1 is 1.30 bits per heavy atom. The number of amides is 1. The molecule has 130 valence electrons. The number of ether oxygens (including phenoxy) is 2.